The van der Waals surface area contributed by atoms with E-state index in [0.29, 0.717) is 19.5 Å². The molecule has 166 valence electrons. The molecular weight excluding hydrogens is 396 g/mol. The Hall–Kier alpha value is -1.09. The second kappa shape index (κ2) is 8.21. The van der Waals surface area contributed by atoms with Crippen LogP contribution >= 0.6 is 0 Å². The zero-order chi connectivity index (χ0) is 20.8. The van der Waals surface area contributed by atoms with Crippen LogP contribution in [0.3, 0.4) is 0 Å². The quantitative estimate of drug-likeness (QED) is 0.279. The Morgan fingerprint density at radius 3 is 2.69 bits per heavy atom. The second-order valence-electron chi connectivity index (χ2n) is 8.19. The highest BCUT2D eigenvalue weighted by Crippen LogP contribution is 2.27. The van der Waals surface area contributed by atoms with Gasteiger partial charge in [-0.05, 0) is 13.0 Å². The predicted molar refractivity (Wildman–Crippen MR) is 95.8 cm³/mol. The lowest BCUT2D eigenvalue weighted by atomic mass is 9.96. The van der Waals surface area contributed by atoms with Crippen molar-refractivity contribution in [2.75, 3.05) is 39.4 Å². The molecule has 4 heterocycles. The maximum atomic E-state index is 13.6. The fraction of sp³-hybridized carbons (Fsp3) is 0.938. The molecule has 4 fully saturated rings. The number of amides is 1. The van der Waals surface area contributed by atoms with Gasteiger partial charge >= 0.3 is 6.18 Å². The first-order chi connectivity index (χ1) is 13.7. The number of hydrogen-bond donors (Lipinski definition) is 6. The minimum absolute atomic E-state index is 0.127. The van der Waals surface area contributed by atoms with Crippen LogP contribution < -0.4 is 32.4 Å². The Labute approximate surface area is 166 Å². The topological polar surface area (TPSA) is 110 Å². The number of fused-ring (bicyclic) bond motifs is 1. The number of alkyl halides is 4. The second-order valence-corrected chi connectivity index (χ2v) is 8.19. The molecule has 1 amide bonds. The molecular formula is C16H28F4N8O. The van der Waals surface area contributed by atoms with Crippen LogP contribution in [0, 0.1) is 5.92 Å². The van der Waals surface area contributed by atoms with E-state index < -0.39 is 36.6 Å². The summed E-state index contributed by atoms with van der Waals surface area (Å²) in [5.74, 6) is -0.926. The van der Waals surface area contributed by atoms with Crippen LogP contribution in [0.25, 0.3) is 0 Å². The standard InChI is InChI=1S/C16H28F4N8O/c17-8-3-23-14-12(13(21)26-28(14)5-8)15(29)25-9-4-22-2-1-10(9)27-6-11(24-7-27)16(18,19)20/h8-14,22-24,26H,1-7,21H2,(H,25,29). The fourth-order valence-corrected chi connectivity index (χ4v) is 4.75. The maximum absolute atomic E-state index is 13.6. The SMILES string of the molecule is NC1NN2CC(F)CNC2C1C(=O)NC1CNCCC1N1CNC(C(F)(F)F)C1. The van der Waals surface area contributed by atoms with Crippen LogP contribution in [0.15, 0.2) is 0 Å². The molecule has 7 unspecified atom stereocenters. The van der Waals surface area contributed by atoms with E-state index in [-0.39, 0.29) is 44.3 Å². The van der Waals surface area contributed by atoms with Crippen LogP contribution in [0.2, 0.25) is 0 Å². The molecule has 9 nitrogen and oxygen atoms in total. The third kappa shape index (κ3) is 4.36. The van der Waals surface area contributed by atoms with Crippen molar-refractivity contribution in [1.82, 2.24) is 36.6 Å². The van der Waals surface area contributed by atoms with E-state index in [4.69, 9.17) is 5.73 Å². The van der Waals surface area contributed by atoms with Gasteiger partial charge in [-0.1, -0.05) is 0 Å². The van der Waals surface area contributed by atoms with Gasteiger partial charge in [-0.2, -0.15) is 13.2 Å². The van der Waals surface area contributed by atoms with E-state index in [1.165, 1.54) is 0 Å². The molecule has 4 aliphatic rings. The Morgan fingerprint density at radius 1 is 1.17 bits per heavy atom. The van der Waals surface area contributed by atoms with Gasteiger partial charge in [0, 0.05) is 38.9 Å². The summed E-state index contributed by atoms with van der Waals surface area (Å²) in [6, 6.07) is -2.12. The van der Waals surface area contributed by atoms with Gasteiger partial charge in [0.2, 0.25) is 5.91 Å². The average molecular weight is 424 g/mol. The van der Waals surface area contributed by atoms with E-state index in [9.17, 15) is 22.4 Å². The maximum Gasteiger partial charge on any atom is 0.405 e. The summed E-state index contributed by atoms with van der Waals surface area (Å²) >= 11 is 0. The third-order valence-corrected chi connectivity index (χ3v) is 6.22. The Balaban J connectivity index is 1.40. The van der Waals surface area contributed by atoms with Crippen LogP contribution in [0.5, 0.6) is 0 Å². The number of carbonyl (C=O) groups is 1. The molecule has 0 aromatic rings. The highest BCUT2D eigenvalue weighted by Gasteiger charge is 2.49. The predicted octanol–water partition coefficient (Wildman–Crippen LogP) is -2.38. The van der Waals surface area contributed by atoms with Crippen LogP contribution in [-0.4, -0.2) is 98.0 Å². The zero-order valence-corrected chi connectivity index (χ0v) is 15.9. The van der Waals surface area contributed by atoms with E-state index in [2.05, 4.69) is 26.7 Å². The van der Waals surface area contributed by atoms with Crippen molar-refractivity contribution in [3.63, 3.8) is 0 Å². The molecule has 7 N–H and O–H groups in total. The van der Waals surface area contributed by atoms with Gasteiger partial charge in [0.1, 0.15) is 12.2 Å². The molecule has 0 aromatic heterocycles. The molecule has 0 aromatic carbocycles. The van der Waals surface area contributed by atoms with E-state index >= 15 is 0 Å². The molecule has 13 heteroatoms. The molecule has 4 aliphatic heterocycles. The minimum Gasteiger partial charge on any atom is -0.350 e. The van der Waals surface area contributed by atoms with E-state index in [0.717, 1.165) is 0 Å². The molecule has 0 bridgehead atoms. The van der Waals surface area contributed by atoms with Crippen molar-refractivity contribution < 1.29 is 22.4 Å². The molecule has 0 spiro atoms. The first kappa shape index (κ1) is 21.2. The number of nitrogens with zero attached hydrogens (tertiary/aromatic N) is 2. The van der Waals surface area contributed by atoms with Crippen molar-refractivity contribution in [1.29, 1.82) is 0 Å². The summed E-state index contributed by atoms with van der Waals surface area (Å²) < 4.78 is 52.6. The van der Waals surface area contributed by atoms with Crippen LogP contribution in [0.1, 0.15) is 6.42 Å². The zero-order valence-electron chi connectivity index (χ0n) is 15.9. The normalized spacial score (nSPS) is 42.0. The van der Waals surface area contributed by atoms with Crippen LogP contribution in [-0.2, 0) is 4.79 Å². The number of piperidine rings is 1. The molecule has 7 atom stereocenters. The summed E-state index contributed by atoms with van der Waals surface area (Å²) in [5, 5.41) is 13.3. The van der Waals surface area contributed by atoms with Gasteiger partial charge < -0.3 is 16.4 Å². The first-order valence-electron chi connectivity index (χ1n) is 9.95. The molecule has 4 saturated heterocycles. The van der Waals surface area contributed by atoms with Crippen LogP contribution in [0.4, 0.5) is 17.6 Å². The Kier molecular flexibility index (Phi) is 5.99. The highest BCUT2D eigenvalue weighted by molar-refractivity contribution is 5.81. The summed E-state index contributed by atoms with van der Waals surface area (Å²) in [4.78, 5) is 14.8. The number of nitrogens with one attached hydrogen (secondary N) is 5. The molecule has 0 saturated carbocycles. The summed E-state index contributed by atoms with van der Waals surface area (Å²) in [6.07, 6.45) is -5.81. The lowest BCUT2D eigenvalue weighted by molar-refractivity contribution is -0.150. The number of hydrogen-bond acceptors (Lipinski definition) is 8. The third-order valence-electron chi connectivity index (χ3n) is 6.22. The number of carbonyl (C=O) groups excluding carboxylic acids is 1. The van der Waals surface area contributed by atoms with Crippen molar-refractivity contribution in [2.45, 2.75) is 49.2 Å². The summed E-state index contributed by atoms with van der Waals surface area (Å²) in [6.45, 7) is 1.41. The van der Waals surface area contributed by atoms with Gasteiger partial charge in [-0.3, -0.25) is 20.3 Å². The minimum atomic E-state index is -4.30. The smallest absolute Gasteiger partial charge is 0.350 e. The average Bonchev–Trinajstić information content (AvgIpc) is 3.25. The lowest BCUT2D eigenvalue weighted by Gasteiger charge is -2.39. The number of nitrogens with two attached hydrogens (primary N) is 1. The van der Waals surface area contributed by atoms with Gasteiger partial charge in [-0.25, -0.2) is 14.8 Å². The largest absolute Gasteiger partial charge is 0.405 e. The number of rotatable bonds is 3. The number of halogens is 4. The Bertz CT molecular complexity index is 610. The molecule has 4 rings (SSSR count). The summed E-state index contributed by atoms with van der Waals surface area (Å²) in [7, 11) is 0. The molecule has 0 radical (unpaired) electrons. The van der Waals surface area contributed by atoms with Crippen molar-refractivity contribution >= 4 is 5.91 Å². The van der Waals surface area contributed by atoms with Crippen molar-refractivity contribution in [3.05, 3.63) is 0 Å². The number of hydrazine groups is 1. The monoisotopic (exact) mass is 424 g/mol. The molecule has 0 aliphatic carbocycles. The fourth-order valence-electron chi connectivity index (χ4n) is 4.75. The first-order valence-corrected chi connectivity index (χ1v) is 9.95. The van der Waals surface area contributed by atoms with Gasteiger partial charge in [0.05, 0.1) is 24.3 Å². The van der Waals surface area contributed by atoms with Gasteiger partial charge in [0.15, 0.2) is 0 Å². The van der Waals surface area contributed by atoms with Gasteiger partial charge in [0.25, 0.3) is 0 Å². The van der Waals surface area contributed by atoms with E-state index in [1.807, 2.05) is 0 Å². The molecule has 29 heavy (non-hydrogen) atoms. The van der Waals surface area contributed by atoms with Crippen molar-refractivity contribution in [3.8, 4) is 0 Å². The summed E-state index contributed by atoms with van der Waals surface area (Å²) in [5.41, 5.74) is 9.01. The lowest BCUT2D eigenvalue weighted by Crippen LogP contribution is -2.63. The van der Waals surface area contributed by atoms with Gasteiger partial charge in [-0.15, -0.1) is 0 Å². The Morgan fingerprint density at radius 2 is 1.97 bits per heavy atom. The van der Waals surface area contributed by atoms with E-state index in [1.54, 1.807) is 9.91 Å². The van der Waals surface area contributed by atoms with Crippen molar-refractivity contribution in [2.24, 2.45) is 11.7 Å². The highest BCUT2D eigenvalue weighted by atomic mass is 19.4.